The molecular weight excluding hydrogens is 577 g/mol. The molecule has 48 heavy (non-hydrogen) atoms. The number of hydrogen-bond donors (Lipinski definition) is 0. The summed E-state index contributed by atoms with van der Waals surface area (Å²) in [6, 6.07) is 70.8. The molecule has 0 unspecified atom stereocenters. The van der Waals surface area contributed by atoms with Crippen LogP contribution in [0.25, 0.3) is 88.0 Å². The predicted octanol–water partition coefficient (Wildman–Crippen LogP) is 13.5. The van der Waals surface area contributed by atoms with Gasteiger partial charge in [-0.25, -0.2) is 0 Å². The lowest BCUT2D eigenvalue weighted by Gasteiger charge is -2.20. The molecule has 0 saturated carbocycles. The molecule has 224 valence electrons. The minimum atomic E-state index is 1.21. The lowest BCUT2D eigenvalue weighted by Crippen LogP contribution is -1.93. The molecule has 0 N–H and O–H groups in total. The number of hydrogen-bond acceptors (Lipinski definition) is 0. The summed E-state index contributed by atoms with van der Waals surface area (Å²) in [4.78, 5) is 0. The minimum Gasteiger partial charge on any atom is -0.0622 e. The van der Waals surface area contributed by atoms with Gasteiger partial charge in [-0.3, -0.25) is 0 Å². The van der Waals surface area contributed by atoms with Crippen LogP contribution in [-0.4, -0.2) is 0 Å². The first-order valence-corrected chi connectivity index (χ1v) is 16.6. The van der Waals surface area contributed by atoms with Crippen LogP contribution in [0.15, 0.2) is 194 Å². The van der Waals surface area contributed by atoms with E-state index in [1.165, 1.54) is 88.0 Å². The topological polar surface area (TPSA) is 0 Å². The number of fused-ring (bicyclic) bond motifs is 3. The second-order valence-corrected chi connectivity index (χ2v) is 12.5. The second kappa shape index (κ2) is 11.8. The normalized spacial score (nSPS) is 11.3. The first kappa shape index (κ1) is 28.0. The lowest BCUT2D eigenvalue weighted by atomic mass is 9.83. The highest BCUT2D eigenvalue weighted by molar-refractivity contribution is 6.23. The number of benzene rings is 9. The summed E-state index contributed by atoms with van der Waals surface area (Å²) < 4.78 is 0. The van der Waals surface area contributed by atoms with Gasteiger partial charge in [0, 0.05) is 0 Å². The van der Waals surface area contributed by atoms with Crippen molar-refractivity contribution in [2.75, 3.05) is 0 Å². The van der Waals surface area contributed by atoms with Crippen LogP contribution in [0.4, 0.5) is 0 Å². The summed E-state index contributed by atoms with van der Waals surface area (Å²) in [5.41, 5.74) is 12.3. The molecule has 0 aliphatic carbocycles. The van der Waals surface area contributed by atoms with E-state index in [2.05, 4.69) is 194 Å². The van der Waals surface area contributed by atoms with Gasteiger partial charge in [-0.15, -0.1) is 0 Å². The van der Waals surface area contributed by atoms with E-state index in [0.29, 0.717) is 0 Å². The Morgan fingerprint density at radius 3 is 1.00 bits per heavy atom. The Kier molecular flexibility index (Phi) is 6.91. The van der Waals surface area contributed by atoms with E-state index >= 15 is 0 Å². The lowest BCUT2D eigenvalue weighted by molar-refractivity contribution is 1.58. The third kappa shape index (κ3) is 4.96. The molecule has 0 aliphatic heterocycles. The maximum Gasteiger partial charge on any atom is -0.00257 e. The highest BCUT2D eigenvalue weighted by atomic mass is 14.2. The van der Waals surface area contributed by atoms with Gasteiger partial charge in [-0.2, -0.15) is 0 Å². The zero-order valence-electron chi connectivity index (χ0n) is 26.5. The molecule has 0 fully saturated rings. The molecular formula is C48H32. The first-order chi connectivity index (χ1) is 23.8. The van der Waals surface area contributed by atoms with Gasteiger partial charge in [0.2, 0.25) is 0 Å². The van der Waals surface area contributed by atoms with Crippen LogP contribution in [0.5, 0.6) is 0 Å². The summed E-state index contributed by atoms with van der Waals surface area (Å²) in [6.07, 6.45) is 0. The Morgan fingerprint density at radius 1 is 0.188 bits per heavy atom. The van der Waals surface area contributed by atoms with Crippen molar-refractivity contribution in [3.8, 4) is 55.6 Å². The van der Waals surface area contributed by atoms with E-state index in [0.717, 1.165) is 0 Å². The Labute approximate surface area is 281 Å². The maximum atomic E-state index is 2.41. The Hall–Kier alpha value is -6.24. The molecule has 9 rings (SSSR count). The van der Waals surface area contributed by atoms with Crippen LogP contribution in [0.3, 0.4) is 0 Å². The third-order valence-electron chi connectivity index (χ3n) is 9.61. The van der Waals surface area contributed by atoms with Crippen LogP contribution in [0, 0.1) is 0 Å². The van der Waals surface area contributed by atoms with Gasteiger partial charge < -0.3 is 0 Å². The molecule has 0 saturated heterocycles. The fourth-order valence-corrected chi connectivity index (χ4v) is 7.31. The fraction of sp³-hybridized carbons (Fsp3) is 0. The minimum absolute atomic E-state index is 1.21. The molecule has 0 nitrogen and oxygen atoms in total. The predicted molar refractivity (Wildman–Crippen MR) is 206 cm³/mol. The van der Waals surface area contributed by atoms with Crippen molar-refractivity contribution >= 4 is 32.3 Å². The molecule has 0 spiro atoms. The van der Waals surface area contributed by atoms with Crippen LogP contribution in [0.2, 0.25) is 0 Å². The van der Waals surface area contributed by atoms with E-state index in [1.54, 1.807) is 0 Å². The molecule has 0 heterocycles. The van der Waals surface area contributed by atoms with Gasteiger partial charge in [0.1, 0.15) is 0 Å². The average Bonchev–Trinajstić information content (AvgIpc) is 3.17. The summed E-state index contributed by atoms with van der Waals surface area (Å²) in [5.74, 6) is 0. The van der Waals surface area contributed by atoms with Gasteiger partial charge in [-0.1, -0.05) is 164 Å². The van der Waals surface area contributed by atoms with Gasteiger partial charge in [0.25, 0.3) is 0 Å². The molecule has 0 aromatic heterocycles. The third-order valence-corrected chi connectivity index (χ3v) is 9.61. The Bertz CT molecular complexity index is 2500. The van der Waals surface area contributed by atoms with E-state index in [-0.39, 0.29) is 0 Å². The van der Waals surface area contributed by atoms with Gasteiger partial charge in [-0.05, 0) is 118 Å². The fourth-order valence-electron chi connectivity index (χ4n) is 7.31. The second-order valence-electron chi connectivity index (χ2n) is 12.5. The van der Waals surface area contributed by atoms with E-state index in [9.17, 15) is 0 Å². The van der Waals surface area contributed by atoms with Crippen molar-refractivity contribution in [2.24, 2.45) is 0 Å². The SMILES string of the molecule is c1ccc(-c2ccc(-c3c4ccccc4c(-c4cc(-c5ccccc5)cc(-c5ccccc5)c4)c4cc5ccccc5cc34)cc2)cc1. The average molecular weight is 609 g/mol. The van der Waals surface area contributed by atoms with Gasteiger partial charge in [0.15, 0.2) is 0 Å². The van der Waals surface area contributed by atoms with Crippen molar-refractivity contribution in [3.63, 3.8) is 0 Å². The van der Waals surface area contributed by atoms with Crippen LogP contribution >= 0.6 is 0 Å². The van der Waals surface area contributed by atoms with Crippen molar-refractivity contribution in [1.29, 1.82) is 0 Å². The molecule has 9 aromatic carbocycles. The molecule has 0 atom stereocenters. The molecule has 0 radical (unpaired) electrons. The molecule has 0 amide bonds. The van der Waals surface area contributed by atoms with Crippen molar-refractivity contribution in [3.05, 3.63) is 194 Å². The van der Waals surface area contributed by atoms with Crippen LogP contribution < -0.4 is 0 Å². The van der Waals surface area contributed by atoms with Crippen molar-refractivity contribution in [2.45, 2.75) is 0 Å². The Balaban J connectivity index is 1.37. The first-order valence-electron chi connectivity index (χ1n) is 16.6. The number of rotatable bonds is 5. The molecule has 0 aliphatic rings. The maximum absolute atomic E-state index is 2.41. The molecule has 0 heteroatoms. The summed E-state index contributed by atoms with van der Waals surface area (Å²) in [7, 11) is 0. The monoisotopic (exact) mass is 608 g/mol. The summed E-state index contributed by atoms with van der Waals surface area (Å²) in [5, 5.41) is 7.53. The smallest absolute Gasteiger partial charge is 0.00257 e. The highest BCUT2D eigenvalue weighted by Crippen LogP contribution is 2.46. The standard InChI is InChI=1S/C48H32/c1-4-14-33(15-5-1)36-24-26-37(27-25-36)47-43-22-12-13-23-44(43)48(46-32-39-21-11-10-20-38(39)31-45(46)47)42-29-40(34-16-6-2-7-17-34)28-41(30-42)35-18-8-3-9-19-35/h1-32H. The highest BCUT2D eigenvalue weighted by Gasteiger charge is 2.19. The summed E-state index contributed by atoms with van der Waals surface area (Å²) in [6.45, 7) is 0. The molecule has 9 aromatic rings. The van der Waals surface area contributed by atoms with Gasteiger partial charge in [0.05, 0.1) is 0 Å². The van der Waals surface area contributed by atoms with Crippen LogP contribution in [0.1, 0.15) is 0 Å². The van der Waals surface area contributed by atoms with Crippen molar-refractivity contribution in [1.82, 2.24) is 0 Å². The summed E-state index contributed by atoms with van der Waals surface area (Å²) >= 11 is 0. The molecule has 0 bridgehead atoms. The quantitative estimate of drug-likeness (QED) is 0.171. The Morgan fingerprint density at radius 2 is 0.521 bits per heavy atom. The zero-order valence-corrected chi connectivity index (χ0v) is 26.5. The van der Waals surface area contributed by atoms with E-state index in [4.69, 9.17) is 0 Å². The largest absolute Gasteiger partial charge is 0.0622 e. The zero-order chi connectivity index (χ0) is 31.9. The van der Waals surface area contributed by atoms with Crippen LogP contribution in [-0.2, 0) is 0 Å². The van der Waals surface area contributed by atoms with E-state index in [1.807, 2.05) is 0 Å². The van der Waals surface area contributed by atoms with Gasteiger partial charge >= 0.3 is 0 Å². The van der Waals surface area contributed by atoms with Crippen molar-refractivity contribution < 1.29 is 0 Å². The van der Waals surface area contributed by atoms with E-state index < -0.39 is 0 Å².